The van der Waals surface area contributed by atoms with Crippen LogP contribution in [-0.4, -0.2) is 0 Å². The minimum atomic E-state index is -4.23. The standard InChI is InChI=1S/C16H19F3/c1-13(2,3)15-8-14(9-15,10-15)11-4-6-12(7-5-11)16(17,18)19/h4-7H,8-10H2,1-3H3. The molecule has 0 unspecified atom stereocenters. The Morgan fingerprint density at radius 3 is 1.74 bits per heavy atom. The minimum Gasteiger partial charge on any atom is -0.166 e. The zero-order valence-corrected chi connectivity index (χ0v) is 11.6. The topological polar surface area (TPSA) is 0 Å². The van der Waals surface area contributed by atoms with E-state index in [4.69, 9.17) is 0 Å². The maximum absolute atomic E-state index is 12.5. The Hall–Kier alpha value is -0.990. The molecule has 0 nitrogen and oxygen atoms in total. The second-order valence-corrected chi connectivity index (χ2v) is 7.42. The van der Waals surface area contributed by atoms with Gasteiger partial charge in [0.2, 0.25) is 0 Å². The van der Waals surface area contributed by atoms with Crippen LogP contribution in [0.15, 0.2) is 24.3 Å². The highest BCUT2D eigenvalue weighted by molar-refractivity contribution is 5.41. The molecule has 0 heterocycles. The van der Waals surface area contributed by atoms with Gasteiger partial charge in [-0.05, 0) is 53.2 Å². The number of rotatable bonds is 1. The molecule has 0 radical (unpaired) electrons. The van der Waals surface area contributed by atoms with Gasteiger partial charge in [-0.15, -0.1) is 0 Å². The first-order chi connectivity index (χ1) is 8.58. The van der Waals surface area contributed by atoms with Crippen molar-refractivity contribution in [3.63, 3.8) is 0 Å². The molecule has 0 saturated heterocycles. The predicted molar refractivity (Wildman–Crippen MR) is 68.9 cm³/mol. The van der Waals surface area contributed by atoms with Crippen LogP contribution in [0.3, 0.4) is 0 Å². The van der Waals surface area contributed by atoms with E-state index in [0.29, 0.717) is 10.8 Å². The molecule has 19 heavy (non-hydrogen) atoms. The van der Waals surface area contributed by atoms with Crippen molar-refractivity contribution in [2.24, 2.45) is 10.8 Å². The Labute approximate surface area is 112 Å². The fraction of sp³-hybridized carbons (Fsp3) is 0.625. The molecule has 3 aliphatic rings. The van der Waals surface area contributed by atoms with Gasteiger partial charge in [-0.1, -0.05) is 32.9 Å². The van der Waals surface area contributed by atoms with Crippen LogP contribution in [0.2, 0.25) is 0 Å². The largest absolute Gasteiger partial charge is 0.416 e. The molecule has 104 valence electrons. The van der Waals surface area contributed by atoms with Crippen molar-refractivity contribution in [1.29, 1.82) is 0 Å². The highest BCUT2D eigenvalue weighted by Gasteiger charge is 2.71. The van der Waals surface area contributed by atoms with Gasteiger partial charge in [-0.3, -0.25) is 0 Å². The number of halogens is 3. The predicted octanol–water partition coefficient (Wildman–Crippen LogP) is 5.17. The van der Waals surface area contributed by atoms with Gasteiger partial charge in [0.1, 0.15) is 0 Å². The first-order valence-corrected chi connectivity index (χ1v) is 6.76. The summed E-state index contributed by atoms with van der Waals surface area (Å²) in [4.78, 5) is 0. The summed E-state index contributed by atoms with van der Waals surface area (Å²) >= 11 is 0. The molecule has 3 heteroatoms. The van der Waals surface area contributed by atoms with E-state index in [-0.39, 0.29) is 5.41 Å². The number of hydrogen-bond acceptors (Lipinski definition) is 0. The zero-order chi connectivity index (χ0) is 14.1. The van der Waals surface area contributed by atoms with E-state index in [0.717, 1.165) is 24.8 Å². The third-order valence-electron chi connectivity index (χ3n) is 5.45. The molecular weight excluding hydrogens is 249 g/mol. The summed E-state index contributed by atoms with van der Waals surface area (Å²) in [5.41, 5.74) is 1.45. The maximum Gasteiger partial charge on any atom is 0.416 e. The molecule has 0 N–H and O–H groups in total. The molecule has 0 amide bonds. The Morgan fingerprint density at radius 1 is 0.895 bits per heavy atom. The SMILES string of the molecule is CC(C)(C)C12CC(c3ccc(C(F)(F)F)cc3)(C1)C2. The Bertz CT molecular complexity index is 483. The summed E-state index contributed by atoms with van der Waals surface area (Å²) in [6.45, 7) is 6.80. The summed E-state index contributed by atoms with van der Waals surface area (Å²) in [6, 6.07) is 5.79. The summed E-state index contributed by atoms with van der Waals surface area (Å²) in [6.07, 6.45) is -0.830. The lowest BCUT2D eigenvalue weighted by Gasteiger charge is -2.76. The van der Waals surface area contributed by atoms with Gasteiger partial charge in [-0.25, -0.2) is 0 Å². The molecular formula is C16H19F3. The molecule has 2 bridgehead atoms. The molecule has 0 aromatic heterocycles. The lowest BCUT2D eigenvalue weighted by Crippen LogP contribution is -2.69. The van der Waals surface area contributed by atoms with Crippen molar-refractivity contribution >= 4 is 0 Å². The lowest BCUT2D eigenvalue weighted by atomic mass is 9.28. The second kappa shape index (κ2) is 3.36. The fourth-order valence-corrected chi connectivity index (χ4v) is 3.90. The molecule has 1 aromatic carbocycles. The van der Waals surface area contributed by atoms with Gasteiger partial charge in [0.15, 0.2) is 0 Å². The van der Waals surface area contributed by atoms with Crippen LogP contribution in [0.4, 0.5) is 13.2 Å². The maximum atomic E-state index is 12.5. The van der Waals surface area contributed by atoms with Gasteiger partial charge in [-0.2, -0.15) is 13.2 Å². The van der Waals surface area contributed by atoms with Gasteiger partial charge >= 0.3 is 6.18 Å². The molecule has 3 aliphatic carbocycles. The first kappa shape index (κ1) is 13.0. The average Bonchev–Trinajstić information content (AvgIpc) is 2.10. The van der Waals surface area contributed by atoms with Crippen molar-refractivity contribution < 1.29 is 13.2 Å². The van der Waals surface area contributed by atoms with Crippen LogP contribution >= 0.6 is 0 Å². The van der Waals surface area contributed by atoms with Crippen molar-refractivity contribution in [1.82, 2.24) is 0 Å². The highest BCUT2D eigenvalue weighted by Crippen LogP contribution is 2.79. The van der Waals surface area contributed by atoms with Crippen LogP contribution in [0.5, 0.6) is 0 Å². The Kier molecular flexibility index (Phi) is 2.30. The van der Waals surface area contributed by atoms with Crippen LogP contribution in [0, 0.1) is 10.8 Å². The molecule has 0 atom stereocenters. The zero-order valence-electron chi connectivity index (χ0n) is 11.6. The monoisotopic (exact) mass is 268 g/mol. The normalized spacial score (nSPS) is 33.6. The minimum absolute atomic E-state index is 0.178. The van der Waals surface area contributed by atoms with Crippen LogP contribution in [0.25, 0.3) is 0 Å². The van der Waals surface area contributed by atoms with Crippen molar-refractivity contribution in [3.8, 4) is 0 Å². The van der Waals surface area contributed by atoms with E-state index in [1.54, 1.807) is 12.1 Å². The molecule has 3 fully saturated rings. The third-order valence-corrected chi connectivity index (χ3v) is 5.45. The van der Waals surface area contributed by atoms with Crippen LogP contribution in [-0.2, 0) is 11.6 Å². The van der Waals surface area contributed by atoms with Crippen LogP contribution in [0.1, 0.15) is 51.2 Å². The number of alkyl halides is 3. The van der Waals surface area contributed by atoms with E-state index in [1.807, 2.05) is 0 Å². The summed E-state index contributed by atoms with van der Waals surface area (Å²) < 4.78 is 37.6. The molecule has 0 spiro atoms. The molecule has 4 rings (SSSR count). The summed E-state index contributed by atoms with van der Waals surface area (Å²) in [5.74, 6) is 0. The summed E-state index contributed by atoms with van der Waals surface area (Å²) in [7, 11) is 0. The number of hydrogen-bond donors (Lipinski definition) is 0. The van der Waals surface area contributed by atoms with E-state index < -0.39 is 11.7 Å². The van der Waals surface area contributed by atoms with Crippen molar-refractivity contribution in [3.05, 3.63) is 35.4 Å². The van der Waals surface area contributed by atoms with Gasteiger partial charge in [0.05, 0.1) is 5.56 Å². The third kappa shape index (κ3) is 1.66. The molecule has 0 aliphatic heterocycles. The molecule has 3 saturated carbocycles. The number of benzene rings is 1. The van der Waals surface area contributed by atoms with Gasteiger partial charge in [0.25, 0.3) is 0 Å². The Balaban J connectivity index is 1.78. The lowest BCUT2D eigenvalue weighted by molar-refractivity contribution is -0.208. The van der Waals surface area contributed by atoms with E-state index in [1.165, 1.54) is 12.1 Å². The second-order valence-electron chi connectivity index (χ2n) is 7.42. The van der Waals surface area contributed by atoms with Crippen molar-refractivity contribution in [2.75, 3.05) is 0 Å². The first-order valence-electron chi connectivity index (χ1n) is 6.76. The fourth-order valence-electron chi connectivity index (χ4n) is 3.90. The quantitative estimate of drug-likeness (QED) is 0.659. The smallest absolute Gasteiger partial charge is 0.166 e. The van der Waals surface area contributed by atoms with E-state index >= 15 is 0 Å². The van der Waals surface area contributed by atoms with E-state index in [2.05, 4.69) is 20.8 Å². The van der Waals surface area contributed by atoms with Crippen molar-refractivity contribution in [2.45, 2.75) is 51.6 Å². The highest BCUT2D eigenvalue weighted by atomic mass is 19.4. The average molecular weight is 268 g/mol. The van der Waals surface area contributed by atoms with Crippen LogP contribution < -0.4 is 0 Å². The van der Waals surface area contributed by atoms with E-state index in [9.17, 15) is 13.2 Å². The summed E-state index contributed by atoms with van der Waals surface area (Å²) in [5, 5.41) is 0. The van der Waals surface area contributed by atoms with Gasteiger partial charge < -0.3 is 0 Å². The Morgan fingerprint density at radius 2 is 1.37 bits per heavy atom. The van der Waals surface area contributed by atoms with Gasteiger partial charge in [0, 0.05) is 0 Å². The molecule has 1 aromatic rings.